The number of nitrogens with zero attached hydrogens (tertiary/aromatic N) is 1. The van der Waals surface area contributed by atoms with Crippen LogP contribution in [-0.4, -0.2) is 41.3 Å². The molecule has 4 nitrogen and oxygen atoms in total. The molecule has 3 atom stereocenters. The number of likely N-dealkylation sites (tertiary alicyclic amines) is 1. The summed E-state index contributed by atoms with van der Waals surface area (Å²) >= 11 is 0. The average molecular weight is 355 g/mol. The minimum Gasteiger partial charge on any atom is -0.452 e. The lowest BCUT2D eigenvalue weighted by molar-refractivity contribution is -0.142. The van der Waals surface area contributed by atoms with E-state index in [-0.39, 0.29) is 24.9 Å². The summed E-state index contributed by atoms with van der Waals surface area (Å²) in [6.07, 6.45) is 10.7. The van der Waals surface area contributed by atoms with Crippen molar-refractivity contribution in [2.75, 3.05) is 19.7 Å². The van der Waals surface area contributed by atoms with Gasteiger partial charge in [0.1, 0.15) is 0 Å². The van der Waals surface area contributed by atoms with Gasteiger partial charge in [-0.3, -0.25) is 4.79 Å². The molecule has 140 valence electrons. The van der Waals surface area contributed by atoms with Crippen LogP contribution in [0.4, 0.5) is 0 Å². The van der Waals surface area contributed by atoms with E-state index in [1.54, 1.807) is 6.92 Å². The zero-order valence-corrected chi connectivity index (χ0v) is 15.7. The molecular formula is C22H29NO3. The Labute approximate surface area is 156 Å². The van der Waals surface area contributed by atoms with Gasteiger partial charge in [-0.05, 0) is 55.6 Å². The molecule has 3 aliphatic carbocycles. The van der Waals surface area contributed by atoms with E-state index in [1.165, 1.54) is 25.0 Å². The van der Waals surface area contributed by atoms with Crippen LogP contribution in [0.3, 0.4) is 0 Å². The molecule has 4 heteroatoms. The molecule has 1 N–H and O–H groups in total. The summed E-state index contributed by atoms with van der Waals surface area (Å²) in [5.74, 6) is 7.17. The minimum absolute atomic E-state index is 0.127. The monoisotopic (exact) mass is 355 g/mol. The van der Waals surface area contributed by atoms with Gasteiger partial charge in [-0.15, -0.1) is 5.92 Å². The van der Waals surface area contributed by atoms with Gasteiger partial charge >= 0.3 is 5.97 Å². The molecule has 0 bridgehead atoms. The number of rotatable bonds is 5. The molecule has 3 fully saturated rings. The third-order valence-electron chi connectivity index (χ3n) is 6.72. The third kappa shape index (κ3) is 3.42. The summed E-state index contributed by atoms with van der Waals surface area (Å²) in [4.78, 5) is 14.7. The predicted molar refractivity (Wildman–Crippen MR) is 99.9 cm³/mol. The SMILES string of the molecule is CC#CCOC(=O)CC1=CC=C(N2C[C@H]3C[C@H]3C2)CC1(O)C1CCCC1. The summed E-state index contributed by atoms with van der Waals surface area (Å²) in [6.45, 7) is 4.13. The van der Waals surface area contributed by atoms with Gasteiger partial charge in [0.05, 0.1) is 12.0 Å². The standard InChI is InChI=1S/C22H29NO3/c1-2-3-10-26-21(24)12-19-8-9-20(23-14-16-11-17(16)15-23)13-22(19,25)18-6-4-5-7-18/h8-9,16-18,25H,4-7,10-15H2,1H3/t16-,17+,22?. The van der Waals surface area contributed by atoms with E-state index in [0.717, 1.165) is 43.3 Å². The molecular weight excluding hydrogens is 326 g/mol. The Bertz CT molecular complexity index is 682. The van der Waals surface area contributed by atoms with Crippen LogP contribution in [0, 0.1) is 29.6 Å². The van der Waals surface area contributed by atoms with Crippen LogP contribution in [0.5, 0.6) is 0 Å². The Morgan fingerprint density at radius 3 is 2.73 bits per heavy atom. The van der Waals surface area contributed by atoms with Gasteiger partial charge in [0.2, 0.25) is 0 Å². The first kappa shape index (κ1) is 17.7. The van der Waals surface area contributed by atoms with Crippen LogP contribution >= 0.6 is 0 Å². The van der Waals surface area contributed by atoms with Crippen LogP contribution in [-0.2, 0) is 9.53 Å². The maximum Gasteiger partial charge on any atom is 0.310 e. The maximum absolute atomic E-state index is 12.2. The molecule has 0 radical (unpaired) electrons. The molecule has 0 aromatic rings. The topological polar surface area (TPSA) is 49.8 Å². The van der Waals surface area contributed by atoms with Crippen molar-refractivity contribution in [2.24, 2.45) is 17.8 Å². The Balaban J connectivity index is 1.51. The molecule has 4 aliphatic rings. The fourth-order valence-corrected chi connectivity index (χ4v) is 5.06. The summed E-state index contributed by atoms with van der Waals surface area (Å²) in [6, 6.07) is 0. The van der Waals surface area contributed by atoms with Gasteiger partial charge in [-0.1, -0.05) is 24.8 Å². The molecule has 0 spiro atoms. The van der Waals surface area contributed by atoms with Gasteiger partial charge in [-0.25, -0.2) is 0 Å². The number of piperidine rings is 1. The minimum atomic E-state index is -0.900. The normalized spacial score (nSPS) is 33.1. The molecule has 4 rings (SSSR count). The number of allylic oxidation sites excluding steroid dienone is 2. The lowest BCUT2D eigenvalue weighted by Crippen LogP contribution is -2.43. The van der Waals surface area contributed by atoms with E-state index in [0.29, 0.717) is 6.42 Å². The number of ether oxygens (including phenoxy) is 1. The molecule has 2 saturated carbocycles. The fourth-order valence-electron chi connectivity index (χ4n) is 5.06. The van der Waals surface area contributed by atoms with E-state index < -0.39 is 5.60 Å². The summed E-state index contributed by atoms with van der Waals surface area (Å²) in [7, 11) is 0. The quantitative estimate of drug-likeness (QED) is 0.608. The maximum atomic E-state index is 12.2. The van der Waals surface area contributed by atoms with Gasteiger partial charge in [0.15, 0.2) is 6.61 Å². The van der Waals surface area contributed by atoms with Crippen molar-refractivity contribution < 1.29 is 14.6 Å². The van der Waals surface area contributed by atoms with Crippen molar-refractivity contribution in [2.45, 2.75) is 57.5 Å². The first-order chi connectivity index (χ1) is 12.6. The molecule has 1 unspecified atom stereocenters. The summed E-state index contributed by atoms with van der Waals surface area (Å²) in [5, 5.41) is 11.7. The highest BCUT2D eigenvalue weighted by Gasteiger charge is 2.49. The van der Waals surface area contributed by atoms with Crippen LogP contribution in [0.25, 0.3) is 0 Å². The van der Waals surface area contributed by atoms with Crippen LogP contribution in [0.15, 0.2) is 23.4 Å². The van der Waals surface area contributed by atoms with E-state index in [9.17, 15) is 9.90 Å². The lowest BCUT2D eigenvalue weighted by atomic mass is 9.73. The number of carbonyl (C=O) groups excluding carboxylic acids is 1. The molecule has 0 aromatic carbocycles. The van der Waals surface area contributed by atoms with Crippen molar-refractivity contribution in [3.63, 3.8) is 0 Å². The van der Waals surface area contributed by atoms with Crippen molar-refractivity contribution in [1.82, 2.24) is 4.90 Å². The van der Waals surface area contributed by atoms with Gasteiger partial charge in [0.25, 0.3) is 0 Å². The molecule has 0 amide bonds. The average Bonchev–Trinajstić information content (AvgIpc) is 3.06. The highest BCUT2D eigenvalue weighted by atomic mass is 16.5. The highest BCUT2D eigenvalue weighted by Crippen LogP contribution is 2.50. The molecule has 1 saturated heterocycles. The molecule has 1 aliphatic heterocycles. The Kier molecular flexibility index (Phi) is 4.84. The largest absolute Gasteiger partial charge is 0.452 e. The second kappa shape index (κ2) is 7.12. The zero-order chi connectivity index (χ0) is 18.1. The number of esters is 1. The smallest absolute Gasteiger partial charge is 0.310 e. The fraction of sp³-hybridized carbons (Fsp3) is 0.682. The van der Waals surface area contributed by atoms with Crippen LogP contribution < -0.4 is 0 Å². The number of carbonyl (C=O) groups is 1. The lowest BCUT2D eigenvalue weighted by Gasteiger charge is -2.41. The molecule has 26 heavy (non-hydrogen) atoms. The zero-order valence-electron chi connectivity index (χ0n) is 15.7. The number of hydrogen-bond acceptors (Lipinski definition) is 4. The van der Waals surface area contributed by atoms with Crippen molar-refractivity contribution in [3.05, 3.63) is 23.4 Å². The predicted octanol–water partition coefficient (Wildman–Crippen LogP) is 3.03. The van der Waals surface area contributed by atoms with Gasteiger partial charge in [0, 0.05) is 25.2 Å². The van der Waals surface area contributed by atoms with Crippen molar-refractivity contribution in [3.8, 4) is 11.8 Å². The number of fused-ring (bicyclic) bond motifs is 1. The van der Waals surface area contributed by atoms with Crippen molar-refractivity contribution >= 4 is 5.97 Å². The van der Waals surface area contributed by atoms with E-state index in [4.69, 9.17) is 4.74 Å². The van der Waals surface area contributed by atoms with E-state index in [1.807, 2.05) is 6.08 Å². The van der Waals surface area contributed by atoms with Gasteiger partial charge < -0.3 is 14.7 Å². The second-order valence-corrected chi connectivity index (χ2v) is 8.36. The van der Waals surface area contributed by atoms with Crippen molar-refractivity contribution in [1.29, 1.82) is 0 Å². The number of aliphatic hydroxyl groups is 1. The summed E-state index contributed by atoms with van der Waals surface area (Å²) in [5.41, 5.74) is 1.18. The van der Waals surface area contributed by atoms with Crippen LogP contribution in [0.1, 0.15) is 51.9 Å². The first-order valence-electron chi connectivity index (χ1n) is 10.0. The first-order valence-corrected chi connectivity index (χ1v) is 10.0. The van der Waals surface area contributed by atoms with E-state index in [2.05, 4.69) is 22.8 Å². The highest BCUT2D eigenvalue weighted by molar-refractivity contribution is 5.73. The van der Waals surface area contributed by atoms with Gasteiger partial charge in [-0.2, -0.15) is 0 Å². The Morgan fingerprint density at radius 2 is 2.04 bits per heavy atom. The van der Waals surface area contributed by atoms with E-state index >= 15 is 0 Å². The molecule has 0 aromatic heterocycles. The summed E-state index contributed by atoms with van der Waals surface area (Å²) < 4.78 is 5.19. The molecule has 1 heterocycles. The number of hydrogen-bond donors (Lipinski definition) is 1. The second-order valence-electron chi connectivity index (χ2n) is 8.36. The Hall–Kier alpha value is -1.73. The third-order valence-corrected chi connectivity index (χ3v) is 6.72. The van der Waals surface area contributed by atoms with Crippen LogP contribution in [0.2, 0.25) is 0 Å². The Morgan fingerprint density at radius 1 is 1.31 bits per heavy atom.